The molecule has 0 radical (unpaired) electrons. The lowest BCUT2D eigenvalue weighted by molar-refractivity contribution is 0.0945. The Kier molecular flexibility index (Phi) is 7.81. The molecule has 0 unspecified atom stereocenters. The van der Waals surface area contributed by atoms with Crippen LogP contribution < -0.4 is 15.4 Å². The summed E-state index contributed by atoms with van der Waals surface area (Å²) in [5.74, 6) is 0.777. The third kappa shape index (κ3) is 5.76. The van der Waals surface area contributed by atoms with Crippen molar-refractivity contribution in [3.05, 3.63) is 63.8 Å². The second kappa shape index (κ2) is 10.6. The van der Waals surface area contributed by atoms with Crippen LogP contribution in [-0.4, -0.2) is 28.1 Å². The Morgan fingerprint density at radius 1 is 1.24 bits per heavy atom. The minimum Gasteiger partial charge on any atom is -0.485 e. The highest BCUT2D eigenvalue weighted by molar-refractivity contribution is 6.31. The number of carbonyl (C=O) groups excluding carboxylic acids is 2. The lowest BCUT2D eigenvalue weighted by atomic mass is 10.0. The fraction of sp³-hybridized carbons (Fsp3) is 0.375. The first kappa shape index (κ1) is 24.4. The summed E-state index contributed by atoms with van der Waals surface area (Å²) in [7, 11) is 1.64. The molecule has 9 heteroatoms. The van der Waals surface area contributed by atoms with Crippen LogP contribution >= 0.6 is 11.6 Å². The van der Waals surface area contributed by atoms with Crippen molar-refractivity contribution in [1.29, 1.82) is 0 Å². The molecule has 2 heterocycles. The van der Waals surface area contributed by atoms with Gasteiger partial charge in [0.05, 0.1) is 11.9 Å². The second-order valence-corrected chi connectivity index (χ2v) is 8.50. The maximum absolute atomic E-state index is 12.7. The smallest absolute Gasteiger partial charge is 0.291 e. The van der Waals surface area contributed by atoms with Crippen molar-refractivity contribution in [3.8, 4) is 5.75 Å². The zero-order valence-corrected chi connectivity index (χ0v) is 20.2. The first-order valence-corrected chi connectivity index (χ1v) is 11.2. The Labute approximate surface area is 198 Å². The molecule has 2 aromatic heterocycles. The Morgan fingerprint density at radius 3 is 2.70 bits per heavy atom. The highest BCUT2D eigenvalue weighted by atomic mass is 35.5. The SMILES string of the molecule is CCCNC(=O)c1c(NC(=O)c2ccc(COc3cc(C)c(Cl)cc3C(C)C)o2)cnn1C. The topological polar surface area (TPSA) is 98.4 Å². The number of rotatable bonds is 9. The van der Waals surface area contributed by atoms with Crippen molar-refractivity contribution >= 4 is 29.1 Å². The van der Waals surface area contributed by atoms with E-state index >= 15 is 0 Å². The summed E-state index contributed by atoms with van der Waals surface area (Å²) in [5, 5.41) is 10.3. The van der Waals surface area contributed by atoms with Gasteiger partial charge in [0.25, 0.3) is 11.8 Å². The zero-order chi connectivity index (χ0) is 24.1. The summed E-state index contributed by atoms with van der Waals surface area (Å²) in [6.45, 7) is 8.71. The number of aromatic nitrogens is 2. The van der Waals surface area contributed by atoms with E-state index in [0.717, 1.165) is 23.3 Å². The first-order valence-electron chi connectivity index (χ1n) is 10.8. The van der Waals surface area contributed by atoms with Crippen molar-refractivity contribution in [2.45, 2.75) is 46.6 Å². The molecular weight excluding hydrogens is 444 g/mol. The van der Waals surface area contributed by atoms with E-state index in [4.69, 9.17) is 20.8 Å². The van der Waals surface area contributed by atoms with Crippen LogP contribution in [0.15, 0.2) is 34.9 Å². The number of ether oxygens (including phenoxy) is 1. The van der Waals surface area contributed by atoms with Crippen molar-refractivity contribution < 1.29 is 18.7 Å². The molecule has 2 N–H and O–H groups in total. The fourth-order valence-electron chi connectivity index (χ4n) is 3.28. The number of nitrogens with one attached hydrogen (secondary N) is 2. The molecule has 0 aliphatic carbocycles. The summed E-state index contributed by atoms with van der Waals surface area (Å²) in [5.41, 5.74) is 2.50. The van der Waals surface area contributed by atoms with Gasteiger partial charge in [-0.2, -0.15) is 5.10 Å². The molecule has 0 fully saturated rings. The van der Waals surface area contributed by atoms with Gasteiger partial charge in [0.15, 0.2) is 5.76 Å². The molecule has 8 nitrogen and oxygen atoms in total. The number of benzene rings is 1. The minimum absolute atomic E-state index is 0.105. The largest absolute Gasteiger partial charge is 0.485 e. The molecule has 33 heavy (non-hydrogen) atoms. The maximum Gasteiger partial charge on any atom is 0.291 e. The third-order valence-corrected chi connectivity index (χ3v) is 5.51. The van der Waals surface area contributed by atoms with E-state index in [0.29, 0.717) is 23.0 Å². The molecule has 0 aliphatic heterocycles. The predicted octanol–water partition coefficient (Wildman–Crippen LogP) is 5.07. The van der Waals surface area contributed by atoms with Crippen LogP contribution in [0.2, 0.25) is 5.02 Å². The standard InChI is InChI=1S/C24H29ClN4O4/c1-6-9-26-24(31)22-19(12-27-29(22)5)28-23(30)20-8-7-16(33-20)13-32-21-10-15(4)18(25)11-17(21)14(2)3/h7-8,10-12,14H,6,9,13H2,1-5H3,(H,26,31)(H,28,30). The van der Waals surface area contributed by atoms with Gasteiger partial charge in [-0.25, -0.2) is 0 Å². The lowest BCUT2D eigenvalue weighted by Crippen LogP contribution is -2.27. The van der Waals surface area contributed by atoms with Crippen molar-refractivity contribution in [3.63, 3.8) is 0 Å². The lowest BCUT2D eigenvalue weighted by Gasteiger charge is -2.15. The fourth-order valence-corrected chi connectivity index (χ4v) is 3.45. The van der Waals surface area contributed by atoms with E-state index in [1.54, 1.807) is 19.2 Å². The number of anilines is 1. The minimum atomic E-state index is -0.482. The molecule has 3 aromatic rings. The molecule has 0 saturated heterocycles. The molecule has 2 amide bonds. The summed E-state index contributed by atoms with van der Waals surface area (Å²) < 4.78 is 13.1. The van der Waals surface area contributed by atoms with Crippen LogP contribution in [-0.2, 0) is 13.7 Å². The van der Waals surface area contributed by atoms with Crippen LogP contribution in [0.1, 0.15) is 71.0 Å². The number of hydrogen-bond acceptors (Lipinski definition) is 5. The van der Waals surface area contributed by atoms with Gasteiger partial charge in [0, 0.05) is 18.6 Å². The molecule has 1 aromatic carbocycles. The molecule has 3 rings (SSSR count). The number of furan rings is 1. The monoisotopic (exact) mass is 472 g/mol. The van der Waals surface area contributed by atoms with Gasteiger partial charge in [-0.15, -0.1) is 0 Å². The highest BCUT2D eigenvalue weighted by Gasteiger charge is 2.20. The molecule has 0 bridgehead atoms. The molecular formula is C24H29ClN4O4. The van der Waals surface area contributed by atoms with E-state index in [2.05, 4.69) is 29.6 Å². The third-order valence-electron chi connectivity index (χ3n) is 5.11. The first-order chi connectivity index (χ1) is 15.7. The average Bonchev–Trinajstić information content (AvgIpc) is 3.39. The van der Waals surface area contributed by atoms with Gasteiger partial charge in [0.1, 0.15) is 23.8 Å². The van der Waals surface area contributed by atoms with Crippen LogP contribution in [0.3, 0.4) is 0 Å². The van der Waals surface area contributed by atoms with Crippen LogP contribution in [0.4, 0.5) is 5.69 Å². The Balaban J connectivity index is 1.69. The normalized spacial score (nSPS) is 11.0. The van der Waals surface area contributed by atoms with Gasteiger partial charge in [0.2, 0.25) is 0 Å². The molecule has 0 aliphatic rings. The predicted molar refractivity (Wildman–Crippen MR) is 127 cm³/mol. The number of carbonyl (C=O) groups is 2. The Bertz CT molecular complexity index is 1150. The molecule has 0 spiro atoms. The van der Waals surface area contributed by atoms with E-state index in [9.17, 15) is 9.59 Å². The van der Waals surface area contributed by atoms with Crippen LogP contribution in [0.5, 0.6) is 5.75 Å². The molecule has 0 atom stereocenters. The number of aryl methyl sites for hydroxylation is 2. The van der Waals surface area contributed by atoms with Crippen molar-refractivity contribution in [1.82, 2.24) is 15.1 Å². The Hall–Kier alpha value is -3.26. The summed E-state index contributed by atoms with van der Waals surface area (Å²) in [6, 6.07) is 7.07. The van der Waals surface area contributed by atoms with Gasteiger partial charge in [-0.05, 0) is 54.7 Å². The van der Waals surface area contributed by atoms with E-state index in [-0.39, 0.29) is 29.9 Å². The summed E-state index contributed by atoms with van der Waals surface area (Å²) >= 11 is 6.26. The Morgan fingerprint density at radius 2 is 2.00 bits per heavy atom. The summed E-state index contributed by atoms with van der Waals surface area (Å²) in [6.07, 6.45) is 2.23. The molecule has 0 saturated carbocycles. The highest BCUT2D eigenvalue weighted by Crippen LogP contribution is 2.32. The van der Waals surface area contributed by atoms with Crippen molar-refractivity contribution in [2.24, 2.45) is 7.05 Å². The van der Waals surface area contributed by atoms with E-state index in [1.165, 1.54) is 10.9 Å². The van der Waals surface area contributed by atoms with Gasteiger partial charge in [-0.1, -0.05) is 32.4 Å². The number of nitrogens with zero attached hydrogens (tertiary/aromatic N) is 2. The molecule has 176 valence electrons. The van der Waals surface area contributed by atoms with Crippen LogP contribution in [0.25, 0.3) is 0 Å². The summed E-state index contributed by atoms with van der Waals surface area (Å²) in [4.78, 5) is 25.1. The maximum atomic E-state index is 12.7. The van der Waals surface area contributed by atoms with Gasteiger partial charge in [-0.3, -0.25) is 14.3 Å². The number of amides is 2. The quantitative estimate of drug-likeness (QED) is 0.453. The second-order valence-electron chi connectivity index (χ2n) is 8.09. The van der Waals surface area contributed by atoms with Gasteiger partial charge < -0.3 is 19.8 Å². The van der Waals surface area contributed by atoms with E-state index < -0.39 is 5.91 Å². The number of hydrogen-bond donors (Lipinski definition) is 2. The number of halogens is 1. The average molecular weight is 473 g/mol. The van der Waals surface area contributed by atoms with Crippen LogP contribution in [0, 0.1) is 6.92 Å². The van der Waals surface area contributed by atoms with Gasteiger partial charge >= 0.3 is 0 Å². The van der Waals surface area contributed by atoms with E-state index in [1.807, 2.05) is 26.0 Å². The van der Waals surface area contributed by atoms with Crippen molar-refractivity contribution in [2.75, 3.05) is 11.9 Å². The zero-order valence-electron chi connectivity index (χ0n) is 19.5.